The van der Waals surface area contributed by atoms with Crippen LogP contribution in [0.4, 0.5) is 0 Å². The SMILES string of the molecule is C=NN(C)C=NC(C)(C)CC. The summed E-state index contributed by atoms with van der Waals surface area (Å²) >= 11 is 0. The molecule has 0 aromatic heterocycles. The highest BCUT2D eigenvalue weighted by Crippen LogP contribution is 2.11. The fraction of sp³-hybridized carbons (Fsp3) is 0.750. The van der Waals surface area contributed by atoms with E-state index in [1.807, 2.05) is 7.05 Å². The average molecular weight is 155 g/mol. The molecule has 0 aromatic rings. The summed E-state index contributed by atoms with van der Waals surface area (Å²) < 4.78 is 0. The zero-order valence-corrected chi connectivity index (χ0v) is 7.83. The summed E-state index contributed by atoms with van der Waals surface area (Å²) in [5, 5.41) is 5.25. The third-order valence-electron chi connectivity index (χ3n) is 1.66. The van der Waals surface area contributed by atoms with E-state index < -0.39 is 0 Å². The van der Waals surface area contributed by atoms with Gasteiger partial charge >= 0.3 is 0 Å². The number of aliphatic imine (C=N–C) groups is 1. The summed E-state index contributed by atoms with van der Waals surface area (Å²) in [6, 6.07) is 0. The molecule has 11 heavy (non-hydrogen) atoms. The Kier molecular flexibility index (Phi) is 3.79. The van der Waals surface area contributed by atoms with Crippen LogP contribution in [0.5, 0.6) is 0 Å². The van der Waals surface area contributed by atoms with Crippen molar-refractivity contribution in [1.82, 2.24) is 5.01 Å². The molecule has 64 valence electrons. The van der Waals surface area contributed by atoms with Crippen LogP contribution < -0.4 is 0 Å². The second kappa shape index (κ2) is 4.11. The average Bonchev–Trinajstić information content (AvgIpc) is 2.00. The predicted molar refractivity (Wildman–Crippen MR) is 50.2 cm³/mol. The molecule has 0 aliphatic carbocycles. The van der Waals surface area contributed by atoms with Crippen molar-refractivity contribution in [1.29, 1.82) is 0 Å². The minimum absolute atomic E-state index is 0.0128. The highest BCUT2D eigenvalue weighted by Gasteiger charge is 2.10. The Balaban J connectivity index is 4.00. The van der Waals surface area contributed by atoms with Gasteiger partial charge in [-0.3, -0.25) is 10.0 Å². The van der Waals surface area contributed by atoms with Crippen LogP contribution in [0.3, 0.4) is 0 Å². The van der Waals surface area contributed by atoms with Crippen LogP contribution in [0.15, 0.2) is 10.1 Å². The fourth-order valence-electron chi connectivity index (χ4n) is 0.368. The molecule has 0 unspecified atom stereocenters. The van der Waals surface area contributed by atoms with E-state index in [0.717, 1.165) is 6.42 Å². The van der Waals surface area contributed by atoms with Gasteiger partial charge in [0.15, 0.2) is 0 Å². The first-order chi connectivity index (χ1) is 5.02. The molecule has 0 aliphatic heterocycles. The maximum atomic E-state index is 4.31. The number of hydrogen-bond donors (Lipinski definition) is 0. The van der Waals surface area contributed by atoms with E-state index in [4.69, 9.17) is 0 Å². The van der Waals surface area contributed by atoms with Gasteiger partial charge in [-0.1, -0.05) is 6.92 Å². The van der Waals surface area contributed by atoms with Crippen LogP contribution in [0, 0.1) is 0 Å². The van der Waals surface area contributed by atoms with Gasteiger partial charge in [0, 0.05) is 13.8 Å². The van der Waals surface area contributed by atoms with Crippen molar-refractivity contribution < 1.29 is 0 Å². The van der Waals surface area contributed by atoms with Gasteiger partial charge in [0.1, 0.15) is 6.34 Å². The number of hydrazone groups is 1. The Morgan fingerprint density at radius 3 is 2.45 bits per heavy atom. The highest BCUT2D eigenvalue weighted by molar-refractivity contribution is 5.55. The lowest BCUT2D eigenvalue weighted by Crippen LogP contribution is -2.18. The van der Waals surface area contributed by atoms with Crippen molar-refractivity contribution in [2.75, 3.05) is 7.05 Å². The molecule has 0 aliphatic rings. The summed E-state index contributed by atoms with van der Waals surface area (Å²) in [7, 11) is 1.81. The van der Waals surface area contributed by atoms with E-state index in [1.54, 1.807) is 11.3 Å². The van der Waals surface area contributed by atoms with Crippen LogP contribution >= 0.6 is 0 Å². The maximum absolute atomic E-state index is 4.31. The Bertz CT molecular complexity index is 149. The van der Waals surface area contributed by atoms with Gasteiger partial charge in [-0.2, -0.15) is 5.10 Å². The van der Waals surface area contributed by atoms with Gasteiger partial charge < -0.3 is 0 Å². The molecular formula is C8H17N3. The molecule has 0 rings (SSSR count). The third kappa shape index (κ3) is 4.53. The van der Waals surface area contributed by atoms with Crippen LogP contribution in [-0.4, -0.2) is 30.7 Å². The van der Waals surface area contributed by atoms with Gasteiger partial charge in [0.05, 0.1) is 5.54 Å². The Labute approximate surface area is 68.8 Å². The third-order valence-corrected chi connectivity index (χ3v) is 1.66. The standard InChI is InChI=1S/C8H17N3/c1-6-8(2,3)10-7-11(5)9-4/h7H,4,6H2,1-3,5H3. The van der Waals surface area contributed by atoms with Crippen molar-refractivity contribution in [3.8, 4) is 0 Å². The first kappa shape index (κ1) is 10.1. The van der Waals surface area contributed by atoms with Gasteiger partial charge in [0.2, 0.25) is 0 Å². The van der Waals surface area contributed by atoms with E-state index in [-0.39, 0.29) is 5.54 Å². The topological polar surface area (TPSA) is 28.0 Å². The Hall–Kier alpha value is -0.860. The second-order valence-corrected chi connectivity index (χ2v) is 3.13. The van der Waals surface area contributed by atoms with Crippen LogP contribution in [-0.2, 0) is 0 Å². The van der Waals surface area contributed by atoms with E-state index >= 15 is 0 Å². The van der Waals surface area contributed by atoms with E-state index in [1.165, 1.54) is 0 Å². The molecule has 0 bridgehead atoms. The van der Waals surface area contributed by atoms with E-state index in [0.29, 0.717) is 0 Å². The normalized spacial score (nSPS) is 12.0. The monoisotopic (exact) mass is 155 g/mol. The molecule has 0 N–H and O–H groups in total. The van der Waals surface area contributed by atoms with Crippen molar-refractivity contribution in [2.24, 2.45) is 10.1 Å². The number of nitrogens with zero attached hydrogens (tertiary/aromatic N) is 3. The fourth-order valence-corrected chi connectivity index (χ4v) is 0.368. The van der Waals surface area contributed by atoms with Gasteiger partial charge in [-0.15, -0.1) is 0 Å². The van der Waals surface area contributed by atoms with E-state index in [9.17, 15) is 0 Å². The molecule has 0 spiro atoms. The van der Waals surface area contributed by atoms with Gasteiger partial charge in [-0.05, 0) is 20.3 Å². The minimum Gasteiger partial charge on any atom is -0.268 e. The quantitative estimate of drug-likeness (QED) is 0.345. The lowest BCUT2D eigenvalue weighted by atomic mass is 10.0. The molecule has 3 heteroatoms. The van der Waals surface area contributed by atoms with Crippen LogP contribution in [0.2, 0.25) is 0 Å². The lowest BCUT2D eigenvalue weighted by molar-refractivity contribution is 0.485. The second-order valence-electron chi connectivity index (χ2n) is 3.13. The largest absolute Gasteiger partial charge is 0.268 e. The molecule has 0 heterocycles. The molecular weight excluding hydrogens is 138 g/mol. The van der Waals surface area contributed by atoms with Crippen molar-refractivity contribution in [3.63, 3.8) is 0 Å². The Morgan fingerprint density at radius 1 is 1.55 bits per heavy atom. The van der Waals surface area contributed by atoms with Crippen molar-refractivity contribution >= 4 is 13.1 Å². The highest BCUT2D eigenvalue weighted by atomic mass is 15.4. The zero-order chi connectivity index (χ0) is 8.91. The summed E-state index contributed by atoms with van der Waals surface area (Å²) in [5.41, 5.74) is 0.0128. The van der Waals surface area contributed by atoms with Gasteiger partial charge in [-0.25, -0.2) is 0 Å². The predicted octanol–water partition coefficient (Wildman–Crippen LogP) is 1.75. The molecule has 0 amide bonds. The first-order valence-electron chi connectivity index (χ1n) is 3.76. The minimum atomic E-state index is 0.0128. The zero-order valence-electron chi connectivity index (χ0n) is 7.83. The molecule has 0 atom stereocenters. The summed E-state index contributed by atoms with van der Waals surface area (Å²) in [5.74, 6) is 0. The van der Waals surface area contributed by atoms with Crippen LogP contribution in [0.1, 0.15) is 27.2 Å². The summed E-state index contributed by atoms with van der Waals surface area (Å²) in [6.45, 7) is 9.65. The summed E-state index contributed by atoms with van der Waals surface area (Å²) in [4.78, 5) is 4.31. The van der Waals surface area contributed by atoms with E-state index in [2.05, 4.69) is 37.6 Å². The number of rotatable bonds is 4. The van der Waals surface area contributed by atoms with Crippen molar-refractivity contribution in [3.05, 3.63) is 0 Å². The Morgan fingerprint density at radius 2 is 2.09 bits per heavy atom. The smallest absolute Gasteiger partial charge is 0.106 e. The maximum Gasteiger partial charge on any atom is 0.106 e. The molecule has 0 aromatic carbocycles. The lowest BCUT2D eigenvalue weighted by Gasteiger charge is -2.17. The number of hydrogen-bond acceptors (Lipinski definition) is 2. The van der Waals surface area contributed by atoms with Gasteiger partial charge in [0.25, 0.3) is 0 Å². The molecule has 0 saturated heterocycles. The molecule has 0 radical (unpaired) electrons. The van der Waals surface area contributed by atoms with Crippen LogP contribution in [0.25, 0.3) is 0 Å². The molecule has 0 saturated carbocycles. The molecule has 3 nitrogen and oxygen atoms in total. The molecule has 0 fully saturated rings. The van der Waals surface area contributed by atoms with Crippen molar-refractivity contribution in [2.45, 2.75) is 32.7 Å². The summed E-state index contributed by atoms with van der Waals surface area (Å²) in [6.07, 6.45) is 2.71. The first-order valence-corrected chi connectivity index (χ1v) is 3.76.